The first-order valence-electron chi connectivity index (χ1n) is 9.35. The Kier molecular flexibility index (Phi) is 5.57. The highest BCUT2D eigenvalue weighted by atomic mass is 16.2. The molecule has 1 aliphatic rings. The molecule has 2 N–H and O–H groups in total. The number of carbonyl (C=O) groups is 2. The van der Waals surface area contributed by atoms with E-state index in [2.05, 4.69) is 0 Å². The van der Waals surface area contributed by atoms with E-state index in [9.17, 15) is 9.59 Å². The molecule has 2 amide bonds. The lowest BCUT2D eigenvalue weighted by molar-refractivity contribution is -0.143. The Morgan fingerprint density at radius 3 is 2.54 bits per heavy atom. The summed E-state index contributed by atoms with van der Waals surface area (Å²) in [5, 5.41) is 2.20. The van der Waals surface area contributed by atoms with Crippen LogP contribution < -0.4 is 5.73 Å². The molecule has 2 atom stereocenters. The van der Waals surface area contributed by atoms with Crippen molar-refractivity contribution in [2.45, 2.75) is 38.8 Å². The molecule has 0 spiro atoms. The number of hydrogen-bond acceptors (Lipinski definition) is 3. The summed E-state index contributed by atoms with van der Waals surface area (Å²) < 4.78 is 0. The van der Waals surface area contributed by atoms with Gasteiger partial charge in [0.25, 0.3) is 0 Å². The smallest absolute Gasteiger partial charge is 0.245 e. The standard InChI is InChI=1S/C21H27N3O2/c1-3-23(4-2)21(26)19-13-17(22)14-24(19)20(25)12-16-10-7-9-15-8-5-6-11-18(15)16/h5-11,17,19H,3-4,12-14,22H2,1-2H3/t17-,19-/m0/s1. The Morgan fingerprint density at radius 2 is 1.81 bits per heavy atom. The molecule has 5 nitrogen and oxygen atoms in total. The largest absolute Gasteiger partial charge is 0.341 e. The molecule has 2 aromatic rings. The zero-order valence-corrected chi connectivity index (χ0v) is 15.5. The molecule has 2 aromatic carbocycles. The average Bonchev–Trinajstić information content (AvgIpc) is 3.05. The molecule has 1 fully saturated rings. The minimum atomic E-state index is -0.438. The quantitative estimate of drug-likeness (QED) is 0.896. The van der Waals surface area contributed by atoms with Gasteiger partial charge in [-0.05, 0) is 36.6 Å². The van der Waals surface area contributed by atoms with E-state index in [-0.39, 0.29) is 24.3 Å². The number of rotatable bonds is 5. The van der Waals surface area contributed by atoms with Crippen molar-refractivity contribution < 1.29 is 9.59 Å². The number of amides is 2. The summed E-state index contributed by atoms with van der Waals surface area (Å²) in [4.78, 5) is 29.3. The zero-order valence-electron chi connectivity index (χ0n) is 15.5. The van der Waals surface area contributed by atoms with Gasteiger partial charge in [0.1, 0.15) is 6.04 Å². The van der Waals surface area contributed by atoms with Crippen LogP contribution in [0.2, 0.25) is 0 Å². The molecule has 26 heavy (non-hydrogen) atoms. The van der Waals surface area contributed by atoms with E-state index in [1.54, 1.807) is 9.80 Å². The molecule has 0 saturated carbocycles. The summed E-state index contributed by atoms with van der Waals surface area (Å²) in [5.74, 6) is -0.0194. The lowest BCUT2D eigenvalue weighted by atomic mass is 10.0. The Hall–Kier alpha value is -2.40. The van der Waals surface area contributed by atoms with Gasteiger partial charge in [0, 0.05) is 25.7 Å². The predicted molar refractivity (Wildman–Crippen MR) is 104 cm³/mol. The van der Waals surface area contributed by atoms with Crippen LogP contribution in [-0.4, -0.2) is 53.3 Å². The first-order chi connectivity index (χ1) is 12.5. The van der Waals surface area contributed by atoms with Crippen molar-refractivity contribution in [3.8, 4) is 0 Å². The molecule has 5 heteroatoms. The van der Waals surface area contributed by atoms with Crippen molar-refractivity contribution in [1.82, 2.24) is 9.80 Å². The van der Waals surface area contributed by atoms with E-state index < -0.39 is 6.04 Å². The number of carbonyl (C=O) groups excluding carboxylic acids is 2. The van der Waals surface area contributed by atoms with Crippen LogP contribution >= 0.6 is 0 Å². The van der Waals surface area contributed by atoms with E-state index in [4.69, 9.17) is 5.73 Å². The third kappa shape index (κ3) is 3.58. The molecule has 0 bridgehead atoms. The summed E-state index contributed by atoms with van der Waals surface area (Å²) in [7, 11) is 0. The van der Waals surface area contributed by atoms with Crippen LogP contribution in [0.4, 0.5) is 0 Å². The van der Waals surface area contributed by atoms with Gasteiger partial charge in [-0.15, -0.1) is 0 Å². The van der Waals surface area contributed by atoms with Gasteiger partial charge in [-0.25, -0.2) is 0 Å². The number of fused-ring (bicyclic) bond motifs is 1. The third-order valence-corrected chi connectivity index (χ3v) is 5.24. The van der Waals surface area contributed by atoms with Crippen molar-refractivity contribution in [1.29, 1.82) is 0 Å². The Balaban J connectivity index is 1.82. The SMILES string of the molecule is CCN(CC)C(=O)[C@@H]1C[C@H](N)CN1C(=O)Cc1cccc2ccccc12. The van der Waals surface area contributed by atoms with Crippen molar-refractivity contribution in [3.63, 3.8) is 0 Å². The molecule has 0 unspecified atom stereocenters. The van der Waals surface area contributed by atoms with Crippen molar-refractivity contribution in [3.05, 3.63) is 48.0 Å². The normalized spacial score (nSPS) is 19.7. The van der Waals surface area contributed by atoms with E-state index in [1.807, 2.05) is 56.3 Å². The monoisotopic (exact) mass is 353 g/mol. The minimum absolute atomic E-state index is 0.00854. The zero-order chi connectivity index (χ0) is 18.7. The highest BCUT2D eigenvalue weighted by Gasteiger charge is 2.39. The van der Waals surface area contributed by atoms with Crippen molar-refractivity contribution in [2.75, 3.05) is 19.6 Å². The van der Waals surface area contributed by atoms with Crippen LogP contribution in [0.25, 0.3) is 10.8 Å². The number of nitrogens with zero attached hydrogens (tertiary/aromatic N) is 2. The van der Waals surface area contributed by atoms with E-state index in [1.165, 1.54) is 0 Å². The van der Waals surface area contributed by atoms with Gasteiger partial charge in [-0.2, -0.15) is 0 Å². The van der Waals surface area contributed by atoms with Gasteiger partial charge in [0.2, 0.25) is 11.8 Å². The number of nitrogens with two attached hydrogens (primary N) is 1. The first kappa shape index (κ1) is 18.4. The van der Waals surface area contributed by atoms with Gasteiger partial charge in [-0.1, -0.05) is 42.5 Å². The average molecular weight is 353 g/mol. The summed E-state index contributed by atoms with van der Waals surface area (Å²) in [6.45, 7) is 5.65. The third-order valence-electron chi connectivity index (χ3n) is 5.24. The summed E-state index contributed by atoms with van der Waals surface area (Å²) in [6, 6.07) is 13.5. The van der Waals surface area contributed by atoms with E-state index in [0.29, 0.717) is 26.1 Å². The molecular weight excluding hydrogens is 326 g/mol. The van der Waals surface area contributed by atoms with Crippen LogP contribution in [0.15, 0.2) is 42.5 Å². The highest BCUT2D eigenvalue weighted by molar-refractivity contribution is 5.93. The van der Waals surface area contributed by atoms with Crippen LogP contribution in [0.1, 0.15) is 25.8 Å². The fourth-order valence-corrected chi connectivity index (χ4v) is 3.84. The van der Waals surface area contributed by atoms with Crippen molar-refractivity contribution >= 4 is 22.6 Å². The molecule has 0 radical (unpaired) electrons. The fraction of sp³-hybridized carbons (Fsp3) is 0.429. The van der Waals surface area contributed by atoms with Gasteiger partial charge in [-0.3, -0.25) is 9.59 Å². The van der Waals surface area contributed by atoms with Crippen LogP contribution in [0, 0.1) is 0 Å². The Morgan fingerprint density at radius 1 is 1.12 bits per heavy atom. The molecule has 3 rings (SSSR count). The maximum Gasteiger partial charge on any atom is 0.245 e. The fourth-order valence-electron chi connectivity index (χ4n) is 3.84. The van der Waals surface area contributed by atoms with Crippen LogP contribution in [0.5, 0.6) is 0 Å². The highest BCUT2D eigenvalue weighted by Crippen LogP contribution is 2.23. The minimum Gasteiger partial charge on any atom is -0.341 e. The van der Waals surface area contributed by atoms with Gasteiger partial charge in [0.15, 0.2) is 0 Å². The Bertz CT molecular complexity index is 795. The molecule has 138 valence electrons. The maximum absolute atomic E-state index is 13.0. The lowest BCUT2D eigenvalue weighted by Gasteiger charge is -2.29. The lowest BCUT2D eigenvalue weighted by Crippen LogP contribution is -2.48. The predicted octanol–water partition coefficient (Wildman–Crippen LogP) is 2.18. The van der Waals surface area contributed by atoms with Crippen LogP contribution in [0.3, 0.4) is 0 Å². The van der Waals surface area contributed by atoms with E-state index >= 15 is 0 Å². The van der Waals surface area contributed by atoms with E-state index in [0.717, 1.165) is 16.3 Å². The molecule has 1 aliphatic heterocycles. The maximum atomic E-state index is 13.0. The number of likely N-dealkylation sites (tertiary alicyclic amines) is 1. The summed E-state index contributed by atoms with van der Waals surface area (Å²) >= 11 is 0. The Labute approximate surface area is 154 Å². The van der Waals surface area contributed by atoms with Gasteiger partial charge >= 0.3 is 0 Å². The number of likely N-dealkylation sites (N-methyl/N-ethyl adjacent to an activating group) is 1. The van der Waals surface area contributed by atoms with Crippen LogP contribution in [-0.2, 0) is 16.0 Å². The second-order valence-corrected chi connectivity index (χ2v) is 6.88. The molecule has 0 aliphatic carbocycles. The molecule has 1 heterocycles. The second-order valence-electron chi connectivity index (χ2n) is 6.88. The summed E-state index contributed by atoms with van der Waals surface area (Å²) in [6.07, 6.45) is 0.826. The van der Waals surface area contributed by atoms with Gasteiger partial charge in [0.05, 0.1) is 6.42 Å². The number of hydrogen-bond donors (Lipinski definition) is 1. The molecule has 0 aromatic heterocycles. The topological polar surface area (TPSA) is 66.6 Å². The number of benzene rings is 2. The summed E-state index contributed by atoms with van der Waals surface area (Å²) in [5.41, 5.74) is 7.08. The van der Waals surface area contributed by atoms with Gasteiger partial charge < -0.3 is 15.5 Å². The van der Waals surface area contributed by atoms with Crippen molar-refractivity contribution in [2.24, 2.45) is 5.73 Å². The second kappa shape index (κ2) is 7.87. The molecular formula is C21H27N3O2. The first-order valence-corrected chi connectivity index (χ1v) is 9.35. The molecule has 1 saturated heterocycles.